The second-order valence-electron chi connectivity index (χ2n) is 9.85. The number of aliphatic carboxylic acids is 1. The van der Waals surface area contributed by atoms with Gasteiger partial charge in [0.2, 0.25) is 0 Å². The predicted molar refractivity (Wildman–Crippen MR) is 132 cm³/mol. The Labute approximate surface area is 211 Å². The number of hydrogen-bond donors (Lipinski definition) is 2. The van der Waals surface area contributed by atoms with Crippen LogP contribution < -0.4 is 5.32 Å². The van der Waals surface area contributed by atoms with E-state index >= 15 is 0 Å². The van der Waals surface area contributed by atoms with Gasteiger partial charge in [0.25, 0.3) is 5.91 Å². The van der Waals surface area contributed by atoms with E-state index in [4.69, 9.17) is 4.98 Å². The molecule has 3 unspecified atom stereocenters. The Morgan fingerprint density at radius 3 is 2.61 bits per heavy atom. The lowest BCUT2D eigenvalue weighted by Crippen LogP contribution is -2.41. The Hall–Kier alpha value is -2.88. The van der Waals surface area contributed by atoms with Crippen molar-refractivity contribution in [1.82, 2.24) is 14.9 Å². The first kappa shape index (κ1) is 26.2. The van der Waals surface area contributed by atoms with Gasteiger partial charge in [-0.25, -0.2) is 9.78 Å². The third-order valence-electron chi connectivity index (χ3n) is 6.73. The van der Waals surface area contributed by atoms with Gasteiger partial charge in [0.05, 0.1) is 17.0 Å². The molecule has 2 heterocycles. The van der Waals surface area contributed by atoms with Crippen molar-refractivity contribution >= 4 is 34.2 Å². The van der Waals surface area contributed by atoms with E-state index in [0.29, 0.717) is 42.5 Å². The van der Waals surface area contributed by atoms with Gasteiger partial charge in [0.1, 0.15) is 11.9 Å². The summed E-state index contributed by atoms with van der Waals surface area (Å²) >= 11 is 1.52. The third kappa shape index (κ3) is 5.74. The molecule has 1 saturated carbocycles. The minimum atomic E-state index is -4.32. The van der Waals surface area contributed by atoms with Crippen molar-refractivity contribution < 1.29 is 27.9 Å². The van der Waals surface area contributed by atoms with Crippen molar-refractivity contribution in [3.63, 3.8) is 0 Å². The van der Waals surface area contributed by atoms with Crippen LogP contribution >= 0.6 is 11.3 Å². The number of aromatic nitrogens is 2. The van der Waals surface area contributed by atoms with Crippen molar-refractivity contribution in [3.05, 3.63) is 52.0 Å². The number of benzene rings is 1. The van der Waals surface area contributed by atoms with Crippen LogP contribution in [-0.2, 0) is 11.2 Å². The molecule has 2 N–H and O–H groups in total. The summed E-state index contributed by atoms with van der Waals surface area (Å²) in [4.78, 5) is 30.1. The van der Waals surface area contributed by atoms with Gasteiger partial charge in [0, 0.05) is 22.9 Å². The molecular formula is C26H30F3N3O3S. The number of alkyl halides is 3. The van der Waals surface area contributed by atoms with E-state index in [2.05, 4.69) is 5.32 Å². The number of amides is 1. The van der Waals surface area contributed by atoms with Crippen LogP contribution in [0.2, 0.25) is 0 Å². The van der Waals surface area contributed by atoms with Crippen LogP contribution in [0.4, 0.5) is 13.2 Å². The maximum atomic E-state index is 14.0. The minimum Gasteiger partial charge on any atom is -0.480 e. The summed E-state index contributed by atoms with van der Waals surface area (Å²) in [6, 6.07) is 6.73. The molecule has 194 valence electrons. The van der Waals surface area contributed by atoms with Crippen LogP contribution in [0.5, 0.6) is 0 Å². The summed E-state index contributed by atoms with van der Waals surface area (Å²) in [7, 11) is 0. The summed E-state index contributed by atoms with van der Waals surface area (Å²) in [5.41, 5.74) is 1.20. The first-order chi connectivity index (χ1) is 17.0. The van der Waals surface area contributed by atoms with Crippen molar-refractivity contribution in [2.75, 3.05) is 0 Å². The van der Waals surface area contributed by atoms with E-state index in [9.17, 15) is 27.9 Å². The summed E-state index contributed by atoms with van der Waals surface area (Å²) in [6.07, 6.45) is -1.90. The Morgan fingerprint density at radius 1 is 1.22 bits per heavy atom. The predicted octanol–water partition coefficient (Wildman–Crippen LogP) is 6.21. The van der Waals surface area contributed by atoms with Crippen molar-refractivity contribution in [2.24, 2.45) is 11.8 Å². The minimum absolute atomic E-state index is 0.0708. The Morgan fingerprint density at radius 2 is 1.97 bits per heavy atom. The molecule has 1 aliphatic carbocycles. The van der Waals surface area contributed by atoms with Crippen molar-refractivity contribution in [3.8, 4) is 0 Å². The molecule has 1 amide bonds. The Bertz CT molecular complexity index is 1220. The fraction of sp³-hybridized carbons (Fsp3) is 0.500. The normalized spacial score (nSPS) is 19.5. The number of thiophene rings is 1. The zero-order chi connectivity index (χ0) is 26.0. The van der Waals surface area contributed by atoms with E-state index in [-0.39, 0.29) is 24.3 Å². The summed E-state index contributed by atoms with van der Waals surface area (Å²) in [5, 5.41) is 13.9. The van der Waals surface area contributed by atoms with Gasteiger partial charge in [0.15, 0.2) is 0 Å². The molecule has 1 aliphatic rings. The van der Waals surface area contributed by atoms with Gasteiger partial charge in [-0.2, -0.15) is 13.2 Å². The number of carboxylic acid groups (broad SMARTS) is 1. The Kier molecular flexibility index (Phi) is 7.73. The van der Waals surface area contributed by atoms with E-state index in [1.54, 1.807) is 16.7 Å². The number of carboxylic acids is 1. The van der Waals surface area contributed by atoms with Crippen molar-refractivity contribution in [1.29, 1.82) is 0 Å². The molecule has 1 aromatic carbocycles. The number of carbonyl (C=O) groups is 2. The highest BCUT2D eigenvalue weighted by Gasteiger charge is 2.47. The van der Waals surface area contributed by atoms with Crippen LogP contribution in [0.25, 0.3) is 11.0 Å². The molecule has 2 aromatic heterocycles. The second-order valence-corrected chi connectivity index (χ2v) is 10.9. The highest BCUT2D eigenvalue weighted by atomic mass is 32.1. The van der Waals surface area contributed by atoms with Crippen LogP contribution in [0.15, 0.2) is 35.7 Å². The molecule has 3 aromatic rings. The standard InChI is InChI=1S/C26H30F3N3O3S/c1-15(2)12-20(25(34)35)31-24(33)16-9-10-22-19(13-16)30-23(14-17-6-5-11-36-17)32(22)21-8-4-3-7-18(21)26(27,28)29/h5-6,9-11,13,15,18,20-21H,3-4,7-8,12,14H2,1-2H3,(H,31,33)(H,34,35). The number of halogens is 3. The molecule has 4 rings (SSSR count). The number of carbonyl (C=O) groups excluding carboxylic acids is 1. The molecule has 1 fully saturated rings. The van der Waals surface area contributed by atoms with Gasteiger partial charge in [-0.15, -0.1) is 11.3 Å². The maximum absolute atomic E-state index is 14.0. The van der Waals surface area contributed by atoms with Crippen molar-refractivity contribution in [2.45, 2.75) is 70.6 Å². The quantitative estimate of drug-likeness (QED) is 0.369. The van der Waals surface area contributed by atoms with Gasteiger partial charge in [-0.05, 0) is 54.8 Å². The molecule has 0 radical (unpaired) electrons. The molecular weight excluding hydrogens is 491 g/mol. The molecule has 36 heavy (non-hydrogen) atoms. The van der Waals surface area contributed by atoms with Gasteiger partial charge in [-0.3, -0.25) is 4.79 Å². The second kappa shape index (κ2) is 10.6. The molecule has 0 spiro atoms. The number of rotatable bonds is 8. The summed E-state index contributed by atoms with van der Waals surface area (Å²) in [5.74, 6) is -2.52. The average molecular weight is 522 g/mol. The van der Waals surface area contributed by atoms with Gasteiger partial charge in [-0.1, -0.05) is 32.8 Å². The SMILES string of the molecule is CC(C)CC(NC(=O)c1ccc2c(c1)nc(Cc1cccs1)n2C1CCCCC1C(F)(F)F)C(=O)O. The average Bonchev–Trinajstić information content (AvgIpc) is 3.44. The fourth-order valence-electron chi connectivity index (χ4n) is 5.09. The lowest BCUT2D eigenvalue weighted by atomic mass is 9.83. The largest absolute Gasteiger partial charge is 0.480 e. The fourth-order valence-corrected chi connectivity index (χ4v) is 5.79. The number of nitrogens with zero attached hydrogens (tertiary/aromatic N) is 2. The van der Waals surface area contributed by atoms with Gasteiger partial charge < -0.3 is 15.0 Å². The first-order valence-corrected chi connectivity index (χ1v) is 13.1. The first-order valence-electron chi connectivity index (χ1n) is 12.2. The van der Waals surface area contributed by atoms with Crippen LogP contribution in [0, 0.1) is 11.8 Å². The van der Waals surface area contributed by atoms with E-state index in [1.165, 1.54) is 17.4 Å². The monoisotopic (exact) mass is 521 g/mol. The number of fused-ring (bicyclic) bond motifs is 1. The Balaban J connectivity index is 1.73. The molecule has 10 heteroatoms. The van der Waals surface area contributed by atoms with Crippen LogP contribution in [0.3, 0.4) is 0 Å². The molecule has 0 aliphatic heterocycles. The molecule has 0 saturated heterocycles. The highest BCUT2D eigenvalue weighted by Crippen LogP contribution is 2.45. The molecule has 0 bridgehead atoms. The van der Waals surface area contributed by atoms with E-state index < -0.39 is 36.1 Å². The summed E-state index contributed by atoms with van der Waals surface area (Å²) in [6.45, 7) is 3.74. The number of imidazole rings is 1. The van der Waals surface area contributed by atoms with Gasteiger partial charge >= 0.3 is 12.1 Å². The summed E-state index contributed by atoms with van der Waals surface area (Å²) < 4.78 is 43.7. The molecule has 3 atom stereocenters. The van der Waals surface area contributed by atoms with E-state index in [1.807, 2.05) is 31.4 Å². The van der Waals surface area contributed by atoms with E-state index in [0.717, 1.165) is 4.88 Å². The zero-order valence-electron chi connectivity index (χ0n) is 20.2. The van der Waals surface area contributed by atoms with Crippen LogP contribution in [-0.4, -0.2) is 38.8 Å². The topological polar surface area (TPSA) is 84.2 Å². The maximum Gasteiger partial charge on any atom is 0.393 e. The highest BCUT2D eigenvalue weighted by molar-refractivity contribution is 7.09. The lowest BCUT2D eigenvalue weighted by molar-refractivity contribution is -0.193. The number of hydrogen-bond acceptors (Lipinski definition) is 4. The molecule has 6 nitrogen and oxygen atoms in total. The number of nitrogens with one attached hydrogen (secondary N) is 1. The zero-order valence-corrected chi connectivity index (χ0v) is 21.0. The smallest absolute Gasteiger partial charge is 0.393 e. The van der Waals surface area contributed by atoms with Crippen LogP contribution in [0.1, 0.15) is 73.1 Å². The lowest BCUT2D eigenvalue weighted by Gasteiger charge is -2.35. The third-order valence-corrected chi connectivity index (χ3v) is 7.61.